The number of rotatable bonds is 1. The molecular formula is C12H15N3O2S. The average Bonchev–Trinajstić information content (AvgIpc) is 2.73. The van der Waals surface area contributed by atoms with Gasteiger partial charge in [-0.25, -0.2) is 13.4 Å². The van der Waals surface area contributed by atoms with Crippen molar-refractivity contribution in [3.8, 4) is 0 Å². The Morgan fingerprint density at radius 3 is 3.06 bits per heavy atom. The minimum atomic E-state index is -2.92. The van der Waals surface area contributed by atoms with Gasteiger partial charge < -0.3 is 10.1 Å². The average molecular weight is 265 g/mol. The third kappa shape index (κ3) is 1.86. The first-order chi connectivity index (χ1) is 8.57. The summed E-state index contributed by atoms with van der Waals surface area (Å²) >= 11 is 0. The van der Waals surface area contributed by atoms with E-state index >= 15 is 0 Å². The number of imidazole rings is 1. The van der Waals surface area contributed by atoms with Crippen LogP contribution in [0.2, 0.25) is 0 Å². The van der Waals surface area contributed by atoms with Crippen molar-refractivity contribution < 1.29 is 8.42 Å². The van der Waals surface area contributed by atoms with Gasteiger partial charge in [0.15, 0.2) is 9.84 Å². The molecule has 2 aromatic rings. The Kier molecular flexibility index (Phi) is 2.55. The minimum Gasteiger partial charge on any atom is -0.397 e. The van der Waals surface area contributed by atoms with Gasteiger partial charge in [-0.05, 0) is 25.0 Å². The van der Waals surface area contributed by atoms with E-state index in [1.807, 2.05) is 22.7 Å². The highest BCUT2D eigenvalue weighted by Crippen LogP contribution is 2.28. The Morgan fingerprint density at radius 1 is 1.44 bits per heavy atom. The summed E-state index contributed by atoms with van der Waals surface area (Å²) in [7, 11) is -2.92. The van der Waals surface area contributed by atoms with Gasteiger partial charge in [0, 0.05) is 12.1 Å². The molecule has 3 heterocycles. The zero-order valence-corrected chi connectivity index (χ0v) is 10.7. The summed E-state index contributed by atoms with van der Waals surface area (Å²) in [5.74, 6) is 1.28. The molecule has 1 aliphatic heterocycles. The van der Waals surface area contributed by atoms with Crippen molar-refractivity contribution in [3.05, 3.63) is 30.4 Å². The monoisotopic (exact) mass is 265 g/mol. The molecule has 1 fully saturated rings. The lowest BCUT2D eigenvalue weighted by atomic mass is 10.1. The van der Waals surface area contributed by atoms with Gasteiger partial charge in [0.05, 0.1) is 28.9 Å². The van der Waals surface area contributed by atoms with Crippen LogP contribution in [0.5, 0.6) is 0 Å². The van der Waals surface area contributed by atoms with Crippen LogP contribution in [-0.2, 0) is 9.84 Å². The number of nitrogens with two attached hydrogens (primary N) is 1. The maximum atomic E-state index is 11.7. The van der Waals surface area contributed by atoms with E-state index in [1.165, 1.54) is 0 Å². The summed E-state index contributed by atoms with van der Waals surface area (Å²) in [5, 5.41) is 0. The number of hydrogen-bond acceptors (Lipinski definition) is 4. The molecule has 0 aliphatic carbocycles. The van der Waals surface area contributed by atoms with E-state index in [0.29, 0.717) is 17.9 Å². The summed E-state index contributed by atoms with van der Waals surface area (Å²) < 4.78 is 25.3. The first-order valence-electron chi connectivity index (χ1n) is 5.99. The van der Waals surface area contributed by atoms with Gasteiger partial charge in [-0.3, -0.25) is 0 Å². The van der Waals surface area contributed by atoms with Crippen LogP contribution in [0, 0.1) is 0 Å². The topological polar surface area (TPSA) is 77.5 Å². The van der Waals surface area contributed by atoms with Crippen LogP contribution in [0.25, 0.3) is 5.52 Å². The van der Waals surface area contributed by atoms with Crippen molar-refractivity contribution in [1.82, 2.24) is 9.38 Å². The summed E-state index contributed by atoms with van der Waals surface area (Å²) in [5.41, 5.74) is 7.38. The van der Waals surface area contributed by atoms with Crippen molar-refractivity contribution in [1.29, 1.82) is 0 Å². The van der Waals surface area contributed by atoms with Crippen molar-refractivity contribution in [2.45, 2.75) is 18.8 Å². The number of fused-ring (bicyclic) bond motifs is 1. The molecule has 3 rings (SSSR count). The Balaban J connectivity index is 2.07. The van der Waals surface area contributed by atoms with Crippen LogP contribution in [0.3, 0.4) is 0 Å². The highest BCUT2D eigenvalue weighted by Gasteiger charge is 2.28. The second-order valence-corrected chi connectivity index (χ2v) is 7.02. The van der Waals surface area contributed by atoms with Crippen LogP contribution in [0.15, 0.2) is 24.5 Å². The maximum absolute atomic E-state index is 11.7. The summed E-state index contributed by atoms with van der Waals surface area (Å²) in [6.07, 6.45) is 5.18. The molecule has 0 bridgehead atoms. The van der Waals surface area contributed by atoms with Gasteiger partial charge in [-0.15, -0.1) is 0 Å². The van der Waals surface area contributed by atoms with Crippen molar-refractivity contribution in [2.75, 3.05) is 17.2 Å². The second-order valence-electron chi connectivity index (χ2n) is 4.79. The molecule has 2 aromatic heterocycles. The fraction of sp³-hybridized carbons (Fsp3) is 0.417. The number of pyridine rings is 1. The van der Waals surface area contributed by atoms with Gasteiger partial charge in [0.1, 0.15) is 5.82 Å². The van der Waals surface area contributed by atoms with Gasteiger partial charge in [0.2, 0.25) is 0 Å². The molecule has 0 amide bonds. The van der Waals surface area contributed by atoms with E-state index in [1.54, 1.807) is 6.20 Å². The molecule has 0 radical (unpaired) electrons. The van der Waals surface area contributed by atoms with E-state index < -0.39 is 9.84 Å². The SMILES string of the molecule is Nc1cccn2c(C3CCCS(=O)(=O)C3)ncc12. The molecule has 1 unspecified atom stereocenters. The Hall–Kier alpha value is -1.56. The van der Waals surface area contributed by atoms with Crippen molar-refractivity contribution >= 4 is 21.0 Å². The number of nitrogens with zero attached hydrogens (tertiary/aromatic N) is 2. The number of sulfone groups is 1. The Labute approximate surface area is 106 Å². The number of anilines is 1. The van der Waals surface area contributed by atoms with Gasteiger partial charge in [0.25, 0.3) is 0 Å². The minimum absolute atomic E-state index is 0.0203. The second kappa shape index (κ2) is 3.98. The van der Waals surface area contributed by atoms with Crippen molar-refractivity contribution in [3.63, 3.8) is 0 Å². The smallest absolute Gasteiger partial charge is 0.151 e. The first-order valence-corrected chi connectivity index (χ1v) is 7.81. The van der Waals surface area contributed by atoms with Crippen LogP contribution in [-0.4, -0.2) is 29.3 Å². The Morgan fingerprint density at radius 2 is 2.28 bits per heavy atom. The largest absolute Gasteiger partial charge is 0.397 e. The van der Waals surface area contributed by atoms with E-state index in [-0.39, 0.29) is 11.7 Å². The quantitative estimate of drug-likeness (QED) is 0.840. The maximum Gasteiger partial charge on any atom is 0.151 e. The van der Waals surface area contributed by atoms with E-state index in [9.17, 15) is 8.42 Å². The highest BCUT2D eigenvalue weighted by atomic mass is 32.2. The summed E-state index contributed by atoms with van der Waals surface area (Å²) in [6, 6.07) is 3.67. The van der Waals surface area contributed by atoms with Crippen LogP contribution in [0.4, 0.5) is 5.69 Å². The molecule has 0 aromatic carbocycles. The predicted octanol–water partition coefficient (Wildman–Crippen LogP) is 1.21. The van der Waals surface area contributed by atoms with Gasteiger partial charge >= 0.3 is 0 Å². The lowest BCUT2D eigenvalue weighted by Crippen LogP contribution is -2.25. The highest BCUT2D eigenvalue weighted by molar-refractivity contribution is 7.91. The zero-order chi connectivity index (χ0) is 12.8. The molecule has 1 saturated heterocycles. The first kappa shape index (κ1) is 11.5. The molecular weight excluding hydrogens is 250 g/mol. The lowest BCUT2D eigenvalue weighted by Gasteiger charge is -2.20. The fourth-order valence-corrected chi connectivity index (χ4v) is 4.29. The molecule has 96 valence electrons. The van der Waals surface area contributed by atoms with Gasteiger partial charge in [-0.2, -0.15) is 0 Å². The molecule has 0 saturated carbocycles. The Bertz CT molecular complexity index is 690. The molecule has 1 aliphatic rings. The standard InChI is InChI=1S/C12H15N3O2S/c13-10-4-1-5-15-11(10)7-14-12(15)9-3-2-6-18(16,17)8-9/h1,4-5,7,9H,2-3,6,8,13H2. The van der Waals surface area contributed by atoms with E-state index in [0.717, 1.165) is 17.8 Å². The summed E-state index contributed by atoms with van der Waals surface area (Å²) in [4.78, 5) is 4.36. The number of hydrogen-bond donors (Lipinski definition) is 1. The molecule has 0 spiro atoms. The lowest BCUT2D eigenvalue weighted by molar-refractivity contribution is 0.543. The van der Waals surface area contributed by atoms with Gasteiger partial charge in [-0.1, -0.05) is 0 Å². The molecule has 2 N–H and O–H groups in total. The van der Waals surface area contributed by atoms with E-state index in [2.05, 4.69) is 4.98 Å². The third-order valence-corrected chi connectivity index (χ3v) is 5.28. The number of aromatic nitrogens is 2. The van der Waals surface area contributed by atoms with Crippen LogP contribution in [0.1, 0.15) is 24.6 Å². The fourth-order valence-electron chi connectivity index (χ4n) is 2.59. The zero-order valence-electron chi connectivity index (χ0n) is 9.91. The molecule has 1 atom stereocenters. The van der Waals surface area contributed by atoms with Crippen molar-refractivity contribution in [2.24, 2.45) is 0 Å². The predicted molar refractivity (Wildman–Crippen MR) is 70.2 cm³/mol. The molecule has 6 heteroatoms. The third-order valence-electron chi connectivity index (χ3n) is 3.46. The molecule has 18 heavy (non-hydrogen) atoms. The molecule has 5 nitrogen and oxygen atoms in total. The normalized spacial score (nSPS) is 23.2. The summed E-state index contributed by atoms with van der Waals surface area (Å²) in [6.45, 7) is 0. The van der Waals surface area contributed by atoms with E-state index in [4.69, 9.17) is 5.73 Å². The van der Waals surface area contributed by atoms with Crippen LogP contribution < -0.4 is 5.73 Å². The number of nitrogen functional groups attached to an aromatic ring is 1. The van der Waals surface area contributed by atoms with Crippen LogP contribution >= 0.6 is 0 Å².